The summed E-state index contributed by atoms with van der Waals surface area (Å²) in [6.07, 6.45) is 1.55. The molecule has 1 heterocycles. The van der Waals surface area contributed by atoms with Gasteiger partial charge in [0.05, 0.1) is 15.1 Å². The lowest BCUT2D eigenvalue weighted by atomic mass is 10.1. The molecule has 2 aromatic rings. The first-order chi connectivity index (χ1) is 7.99. The summed E-state index contributed by atoms with van der Waals surface area (Å²) in [7, 11) is 0. The van der Waals surface area contributed by atoms with Crippen molar-refractivity contribution in [3.05, 3.63) is 48.9 Å². The van der Waals surface area contributed by atoms with Crippen molar-refractivity contribution in [2.24, 2.45) is 0 Å². The zero-order chi connectivity index (χ0) is 12.6. The minimum atomic E-state index is -0.447. The lowest BCUT2D eigenvalue weighted by molar-refractivity contribution is 0.624. The van der Waals surface area contributed by atoms with Gasteiger partial charge >= 0.3 is 0 Å². The van der Waals surface area contributed by atoms with Gasteiger partial charge in [-0.05, 0) is 40.8 Å². The average molecular weight is 402 g/mol. The van der Waals surface area contributed by atoms with E-state index in [1.807, 2.05) is 22.6 Å². The van der Waals surface area contributed by atoms with Crippen LogP contribution in [0.2, 0.25) is 15.1 Å². The van der Waals surface area contributed by atoms with Gasteiger partial charge in [-0.1, -0.05) is 34.8 Å². The van der Waals surface area contributed by atoms with E-state index in [9.17, 15) is 4.39 Å². The van der Waals surface area contributed by atoms with Gasteiger partial charge in [0.2, 0.25) is 0 Å². The second kappa shape index (κ2) is 5.26. The molecule has 6 heteroatoms. The maximum Gasteiger partial charge on any atom is 0.150 e. The van der Waals surface area contributed by atoms with Crippen molar-refractivity contribution < 1.29 is 4.39 Å². The van der Waals surface area contributed by atoms with Crippen LogP contribution in [0.4, 0.5) is 4.39 Å². The minimum Gasteiger partial charge on any atom is -0.252 e. The maximum absolute atomic E-state index is 13.7. The molecule has 0 atom stereocenters. The predicted molar refractivity (Wildman–Crippen MR) is 77.4 cm³/mol. The molecule has 0 fully saturated rings. The summed E-state index contributed by atoms with van der Waals surface area (Å²) in [5, 5.41) is 0.948. The van der Waals surface area contributed by atoms with Crippen molar-refractivity contribution in [3.63, 3.8) is 0 Å². The number of hydrogen-bond acceptors (Lipinski definition) is 1. The third kappa shape index (κ3) is 2.84. The fraction of sp³-hybridized carbons (Fsp3) is 0. The van der Waals surface area contributed by atoms with E-state index in [0.717, 1.165) is 0 Å². The molecule has 1 nitrogen and oxygen atoms in total. The van der Waals surface area contributed by atoms with Crippen molar-refractivity contribution >= 4 is 57.4 Å². The molecule has 0 aliphatic carbocycles. The average Bonchev–Trinajstić information content (AvgIpc) is 2.24. The lowest BCUT2D eigenvalue weighted by Crippen LogP contribution is -1.91. The summed E-state index contributed by atoms with van der Waals surface area (Å²) in [4.78, 5) is 4.01. The highest BCUT2D eigenvalue weighted by Gasteiger charge is 2.13. The first kappa shape index (κ1) is 13.3. The van der Waals surface area contributed by atoms with E-state index in [-0.39, 0.29) is 5.69 Å². The van der Waals surface area contributed by atoms with Gasteiger partial charge in [0.15, 0.2) is 5.82 Å². The highest BCUT2D eigenvalue weighted by Crippen LogP contribution is 2.35. The van der Waals surface area contributed by atoms with E-state index in [4.69, 9.17) is 34.8 Å². The van der Waals surface area contributed by atoms with Crippen molar-refractivity contribution in [1.82, 2.24) is 4.98 Å². The van der Waals surface area contributed by atoms with Crippen LogP contribution in [-0.4, -0.2) is 4.98 Å². The Bertz CT molecular complexity index is 589. The Morgan fingerprint density at radius 1 is 1.00 bits per heavy atom. The third-order valence-corrected chi connectivity index (χ3v) is 3.70. The molecule has 17 heavy (non-hydrogen) atoms. The van der Waals surface area contributed by atoms with Crippen LogP contribution in [0.1, 0.15) is 0 Å². The number of halogens is 5. The zero-order valence-corrected chi connectivity index (χ0v) is 12.6. The summed E-state index contributed by atoms with van der Waals surface area (Å²) in [6.45, 7) is 0. The number of benzene rings is 1. The number of rotatable bonds is 1. The van der Waals surface area contributed by atoms with Gasteiger partial charge in [-0.2, -0.15) is 0 Å². The summed E-state index contributed by atoms with van der Waals surface area (Å²) >= 11 is 19.7. The van der Waals surface area contributed by atoms with E-state index in [2.05, 4.69) is 4.98 Å². The number of hydrogen-bond donors (Lipinski definition) is 0. The van der Waals surface area contributed by atoms with Gasteiger partial charge in [-0.25, -0.2) is 4.39 Å². The highest BCUT2D eigenvalue weighted by molar-refractivity contribution is 14.1. The molecular formula is C11H4Cl3FIN. The minimum absolute atomic E-state index is 0.161. The quantitative estimate of drug-likeness (QED) is 0.456. The van der Waals surface area contributed by atoms with Crippen LogP contribution in [0.5, 0.6) is 0 Å². The third-order valence-electron chi connectivity index (χ3n) is 2.07. The zero-order valence-electron chi connectivity index (χ0n) is 8.15. The van der Waals surface area contributed by atoms with E-state index in [1.165, 1.54) is 18.2 Å². The normalized spacial score (nSPS) is 10.6. The first-order valence-electron chi connectivity index (χ1n) is 4.45. The largest absolute Gasteiger partial charge is 0.252 e. The fourth-order valence-corrected chi connectivity index (χ4v) is 2.37. The molecule has 0 N–H and O–H groups in total. The second-order valence-corrected chi connectivity index (χ2v) is 5.70. The van der Waals surface area contributed by atoms with Crippen molar-refractivity contribution in [2.75, 3.05) is 0 Å². The molecule has 88 valence electrons. The molecule has 0 unspecified atom stereocenters. The maximum atomic E-state index is 13.7. The van der Waals surface area contributed by atoms with E-state index in [1.54, 1.807) is 6.20 Å². The van der Waals surface area contributed by atoms with Crippen LogP contribution in [0.25, 0.3) is 11.3 Å². The Morgan fingerprint density at radius 3 is 2.29 bits per heavy atom. The fourth-order valence-electron chi connectivity index (χ4n) is 1.32. The summed E-state index contributed by atoms with van der Waals surface area (Å²) in [5.41, 5.74) is 0.587. The van der Waals surface area contributed by atoms with Crippen molar-refractivity contribution in [3.8, 4) is 11.3 Å². The molecule has 0 spiro atoms. The lowest BCUT2D eigenvalue weighted by Gasteiger charge is -2.07. The molecule has 2 rings (SSSR count). The summed E-state index contributed by atoms with van der Waals surface area (Å²) < 4.78 is 14.5. The standard InChI is InChI=1S/C11H4Cl3FIN/c12-7-3-9(14)8(13)2-6(7)11-10(15)1-5(16)4-17-11/h1-4H. The van der Waals surface area contributed by atoms with Crippen LogP contribution in [-0.2, 0) is 0 Å². The van der Waals surface area contributed by atoms with E-state index < -0.39 is 5.82 Å². The van der Waals surface area contributed by atoms with Gasteiger partial charge in [0.25, 0.3) is 0 Å². The van der Waals surface area contributed by atoms with Crippen LogP contribution < -0.4 is 0 Å². The molecule has 0 saturated carbocycles. The molecule has 0 saturated heterocycles. The molecule has 1 aromatic heterocycles. The smallest absolute Gasteiger partial charge is 0.150 e. The highest BCUT2D eigenvalue weighted by atomic mass is 127. The van der Waals surface area contributed by atoms with Crippen LogP contribution in [0, 0.1) is 9.39 Å². The van der Waals surface area contributed by atoms with Crippen molar-refractivity contribution in [1.29, 1.82) is 0 Å². The van der Waals surface area contributed by atoms with Gasteiger partial charge in [-0.15, -0.1) is 0 Å². The Balaban J connectivity index is 2.64. The topological polar surface area (TPSA) is 12.9 Å². The number of pyridine rings is 1. The van der Waals surface area contributed by atoms with E-state index >= 15 is 0 Å². The molecule has 0 bridgehead atoms. The molecule has 0 aliphatic heterocycles. The van der Waals surface area contributed by atoms with E-state index in [0.29, 0.717) is 24.2 Å². The van der Waals surface area contributed by atoms with Gasteiger partial charge in [-0.3, -0.25) is 4.98 Å². The second-order valence-electron chi connectivity index (χ2n) is 3.23. The number of nitrogens with zero attached hydrogens (tertiary/aromatic N) is 1. The van der Waals surface area contributed by atoms with Crippen LogP contribution in [0.15, 0.2) is 24.4 Å². The first-order valence-corrected chi connectivity index (χ1v) is 6.66. The molecule has 0 radical (unpaired) electrons. The van der Waals surface area contributed by atoms with Crippen molar-refractivity contribution in [2.45, 2.75) is 0 Å². The van der Waals surface area contributed by atoms with Crippen LogP contribution >= 0.6 is 57.4 Å². The monoisotopic (exact) mass is 401 g/mol. The number of aromatic nitrogens is 1. The summed E-state index contributed by atoms with van der Waals surface area (Å²) in [6, 6.07) is 4.35. The predicted octanol–water partition coefficient (Wildman–Crippen LogP) is 5.45. The Hall–Kier alpha value is -0.100. The van der Waals surface area contributed by atoms with Gasteiger partial charge in [0.1, 0.15) is 5.69 Å². The Labute approximate surface area is 126 Å². The Morgan fingerprint density at radius 2 is 1.65 bits per heavy atom. The summed E-state index contributed by atoms with van der Waals surface area (Å²) in [5.74, 6) is -0.447. The molecular weight excluding hydrogens is 398 g/mol. The van der Waals surface area contributed by atoms with Crippen LogP contribution in [0.3, 0.4) is 0 Å². The molecule has 0 aliphatic rings. The SMILES string of the molecule is Fc1cc(I)cnc1-c1cc(Cl)c(Cl)cc1Cl. The molecule has 0 amide bonds. The molecule has 1 aromatic carbocycles. The van der Waals surface area contributed by atoms with Gasteiger partial charge in [0, 0.05) is 15.3 Å². The van der Waals surface area contributed by atoms with Gasteiger partial charge < -0.3 is 0 Å². The Kier molecular flexibility index (Phi) is 4.13.